The van der Waals surface area contributed by atoms with E-state index in [9.17, 15) is 13.8 Å². The molecule has 20 heavy (non-hydrogen) atoms. The highest BCUT2D eigenvalue weighted by molar-refractivity contribution is 8.16. The molecule has 108 valence electrons. The summed E-state index contributed by atoms with van der Waals surface area (Å²) in [4.78, 5) is 25.1. The Morgan fingerprint density at radius 3 is 2.40 bits per heavy atom. The summed E-state index contributed by atoms with van der Waals surface area (Å²) in [5.41, 5.74) is 0.551. The number of benzene rings is 1. The SMILES string of the molecule is COc1cc(S(C)=O)ccc1C1C(=O)SC(C)(C)C1=O. The maximum atomic E-state index is 12.4. The fourth-order valence-corrected chi connectivity index (χ4v) is 3.80. The molecule has 0 saturated carbocycles. The Kier molecular flexibility index (Phi) is 4.07. The standard InChI is InChI=1S/C14H16O4S2/c1-14(2)12(15)11(13(16)19-14)9-6-5-8(20(4)17)7-10(9)18-3/h5-7,11H,1-4H3. The smallest absolute Gasteiger partial charge is 0.204 e. The zero-order chi connectivity index (χ0) is 15.1. The minimum atomic E-state index is -1.14. The summed E-state index contributed by atoms with van der Waals surface area (Å²) in [5.74, 6) is -0.483. The first-order chi connectivity index (χ1) is 9.27. The van der Waals surface area contributed by atoms with Gasteiger partial charge in [0.05, 0.1) is 11.9 Å². The van der Waals surface area contributed by atoms with Crippen molar-refractivity contribution >= 4 is 33.5 Å². The first-order valence-electron chi connectivity index (χ1n) is 6.06. The van der Waals surface area contributed by atoms with Crippen molar-refractivity contribution in [2.45, 2.75) is 29.4 Å². The van der Waals surface area contributed by atoms with Gasteiger partial charge in [0.15, 0.2) is 5.78 Å². The number of ether oxygens (including phenoxy) is 1. The van der Waals surface area contributed by atoms with Gasteiger partial charge in [0.1, 0.15) is 11.7 Å². The van der Waals surface area contributed by atoms with Crippen molar-refractivity contribution in [2.75, 3.05) is 13.4 Å². The number of carbonyl (C=O) groups excluding carboxylic acids is 2. The van der Waals surface area contributed by atoms with Crippen LogP contribution in [0.25, 0.3) is 0 Å². The van der Waals surface area contributed by atoms with Crippen molar-refractivity contribution in [1.29, 1.82) is 0 Å². The Hall–Kier alpha value is -1.14. The largest absolute Gasteiger partial charge is 0.496 e. The number of methoxy groups -OCH3 is 1. The van der Waals surface area contributed by atoms with Gasteiger partial charge in [0.25, 0.3) is 0 Å². The third-order valence-corrected chi connectivity index (χ3v) is 5.36. The molecule has 0 spiro atoms. The van der Waals surface area contributed by atoms with Crippen LogP contribution in [0.5, 0.6) is 5.75 Å². The first-order valence-corrected chi connectivity index (χ1v) is 8.44. The molecule has 1 saturated heterocycles. The molecule has 1 heterocycles. The number of Topliss-reactive ketones (excluding diaryl/α,β-unsaturated/α-hetero) is 1. The molecule has 6 heteroatoms. The molecular weight excluding hydrogens is 296 g/mol. The fourth-order valence-electron chi connectivity index (χ4n) is 2.19. The molecule has 0 aromatic heterocycles. The number of thioether (sulfide) groups is 1. The molecule has 4 nitrogen and oxygen atoms in total. The van der Waals surface area contributed by atoms with Gasteiger partial charge in [-0.05, 0) is 26.0 Å². The molecule has 0 radical (unpaired) electrons. The van der Waals surface area contributed by atoms with E-state index in [0.29, 0.717) is 16.2 Å². The van der Waals surface area contributed by atoms with Gasteiger partial charge in [-0.25, -0.2) is 0 Å². The van der Waals surface area contributed by atoms with Crippen LogP contribution >= 0.6 is 11.8 Å². The van der Waals surface area contributed by atoms with Crippen LogP contribution < -0.4 is 4.74 Å². The molecule has 0 aliphatic carbocycles. The monoisotopic (exact) mass is 312 g/mol. The van der Waals surface area contributed by atoms with Crippen LogP contribution in [0.3, 0.4) is 0 Å². The highest BCUT2D eigenvalue weighted by Crippen LogP contribution is 2.46. The Balaban J connectivity index is 2.51. The predicted molar refractivity (Wildman–Crippen MR) is 79.8 cm³/mol. The molecule has 1 aromatic rings. The summed E-state index contributed by atoms with van der Waals surface area (Å²) in [6, 6.07) is 4.96. The van der Waals surface area contributed by atoms with Crippen LogP contribution in [0.4, 0.5) is 0 Å². The third kappa shape index (κ3) is 2.54. The lowest BCUT2D eigenvalue weighted by atomic mass is 9.89. The van der Waals surface area contributed by atoms with E-state index in [0.717, 1.165) is 11.8 Å². The van der Waals surface area contributed by atoms with Crippen LogP contribution in [0.1, 0.15) is 25.3 Å². The van der Waals surface area contributed by atoms with Crippen molar-refractivity contribution in [3.63, 3.8) is 0 Å². The average Bonchev–Trinajstić information content (AvgIpc) is 2.57. The molecule has 1 aromatic carbocycles. The maximum Gasteiger partial charge on any atom is 0.204 e. The van der Waals surface area contributed by atoms with Crippen LogP contribution in [-0.4, -0.2) is 33.2 Å². The normalized spacial score (nSPS) is 22.9. The molecule has 0 amide bonds. The highest BCUT2D eigenvalue weighted by atomic mass is 32.2. The van der Waals surface area contributed by atoms with E-state index in [4.69, 9.17) is 4.74 Å². The van der Waals surface area contributed by atoms with E-state index >= 15 is 0 Å². The van der Waals surface area contributed by atoms with Gasteiger partial charge in [-0.2, -0.15) is 0 Å². The summed E-state index contributed by atoms with van der Waals surface area (Å²) in [6.45, 7) is 3.50. The summed E-state index contributed by atoms with van der Waals surface area (Å²) in [6.07, 6.45) is 1.57. The average molecular weight is 312 g/mol. The second-order valence-electron chi connectivity index (χ2n) is 5.09. The van der Waals surface area contributed by atoms with Gasteiger partial charge in [-0.3, -0.25) is 13.8 Å². The van der Waals surface area contributed by atoms with E-state index < -0.39 is 21.5 Å². The quantitative estimate of drug-likeness (QED) is 0.800. The molecule has 0 bridgehead atoms. The Morgan fingerprint density at radius 2 is 1.95 bits per heavy atom. The van der Waals surface area contributed by atoms with E-state index in [1.165, 1.54) is 7.11 Å². The Labute approximate surface area is 124 Å². The van der Waals surface area contributed by atoms with E-state index in [1.54, 1.807) is 38.3 Å². The van der Waals surface area contributed by atoms with Gasteiger partial charge in [0.2, 0.25) is 5.12 Å². The summed E-state index contributed by atoms with van der Waals surface area (Å²) >= 11 is 1.06. The zero-order valence-corrected chi connectivity index (χ0v) is 13.4. The van der Waals surface area contributed by atoms with E-state index in [-0.39, 0.29) is 10.9 Å². The molecule has 2 rings (SSSR count). The number of rotatable bonds is 3. The molecule has 0 N–H and O–H groups in total. The van der Waals surface area contributed by atoms with Crippen molar-refractivity contribution in [1.82, 2.24) is 0 Å². The van der Waals surface area contributed by atoms with E-state index in [1.807, 2.05) is 0 Å². The van der Waals surface area contributed by atoms with Crippen molar-refractivity contribution in [2.24, 2.45) is 0 Å². The highest BCUT2D eigenvalue weighted by Gasteiger charge is 2.49. The minimum Gasteiger partial charge on any atom is -0.496 e. The van der Waals surface area contributed by atoms with Gasteiger partial charge in [0, 0.05) is 27.5 Å². The Morgan fingerprint density at radius 1 is 1.30 bits per heavy atom. The van der Waals surface area contributed by atoms with Gasteiger partial charge in [-0.15, -0.1) is 0 Å². The van der Waals surface area contributed by atoms with Crippen molar-refractivity contribution in [3.8, 4) is 5.75 Å². The summed E-state index contributed by atoms with van der Waals surface area (Å²) < 4.78 is 16.1. The lowest BCUT2D eigenvalue weighted by molar-refractivity contribution is -0.124. The molecule has 1 fully saturated rings. The van der Waals surface area contributed by atoms with Crippen LogP contribution in [-0.2, 0) is 20.4 Å². The predicted octanol–water partition coefficient (Wildman–Crippen LogP) is 2.14. The number of ketones is 1. The second kappa shape index (κ2) is 5.33. The zero-order valence-electron chi connectivity index (χ0n) is 11.8. The maximum absolute atomic E-state index is 12.4. The summed E-state index contributed by atoms with van der Waals surface area (Å²) in [5, 5.41) is -0.163. The van der Waals surface area contributed by atoms with Gasteiger partial charge >= 0.3 is 0 Å². The van der Waals surface area contributed by atoms with E-state index in [2.05, 4.69) is 0 Å². The third-order valence-electron chi connectivity index (χ3n) is 3.29. The second-order valence-corrected chi connectivity index (χ2v) is 8.09. The summed E-state index contributed by atoms with van der Waals surface area (Å²) in [7, 11) is 0.337. The van der Waals surface area contributed by atoms with Gasteiger partial charge < -0.3 is 4.74 Å². The lowest BCUT2D eigenvalue weighted by Gasteiger charge is -2.15. The van der Waals surface area contributed by atoms with Crippen molar-refractivity contribution < 1.29 is 18.5 Å². The molecule has 1 aliphatic rings. The minimum absolute atomic E-state index is 0.115. The number of hydrogen-bond acceptors (Lipinski definition) is 5. The first kappa shape index (κ1) is 15.3. The van der Waals surface area contributed by atoms with Gasteiger partial charge in [-0.1, -0.05) is 17.8 Å². The topological polar surface area (TPSA) is 60.4 Å². The lowest BCUT2D eigenvalue weighted by Crippen LogP contribution is -2.26. The van der Waals surface area contributed by atoms with Crippen molar-refractivity contribution in [3.05, 3.63) is 23.8 Å². The van der Waals surface area contributed by atoms with Crippen LogP contribution in [0.15, 0.2) is 23.1 Å². The molecular formula is C14H16O4S2. The van der Waals surface area contributed by atoms with Crippen LogP contribution in [0.2, 0.25) is 0 Å². The number of hydrogen-bond donors (Lipinski definition) is 0. The molecule has 2 atom stereocenters. The molecule has 2 unspecified atom stereocenters. The number of carbonyl (C=O) groups is 2. The Bertz CT molecular complexity index is 607. The van der Waals surface area contributed by atoms with Crippen LogP contribution in [0, 0.1) is 0 Å². The fraction of sp³-hybridized carbons (Fsp3) is 0.429. The molecule has 1 aliphatic heterocycles.